The molecule has 0 spiro atoms. The molecule has 96 valence electrons. The van der Waals surface area contributed by atoms with Crippen LogP contribution in [-0.2, 0) is 4.79 Å². The van der Waals surface area contributed by atoms with Crippen molar-refractivity contribution in [2.24, 2.45) is 0 Å². The summed E-state index contributed by atoms with van der Waals surface area (Å²) in [7, 11) is 0. The molecule has 0 bridgehead atoms. The Morgan fingerprint density at radius 3 is 2.83 bits per heavy atom. The molecule has 2 aliphatic heterocycles. The van der Waals surface area contributed by atoms with Crippen molar-refractivity contribution in [1.29, 1.82) is 0 Å². The summed E-state index contributed by atoms with van der Waals surface area (Å²) in [6.45, 7) is 1.84. The van der Waals surface area contributed by atoms with Crippen molar-refractivity contribution in [2.45, 2.75) is 18.4 Å². The highest BCUT2D eigenvalue weighted by molar-refractivity contribution is 5.75. The van der Waals surface area contributed by atoms with Gasteiger partial charge in [-0.1, -0.05) is 6.07 Å². The number of rotatable bonds is 2. The lowest BCUT2D eigenvalue weighted by Gasteiger charge is -2.21. The molecule has 0 saturated carbocycles. The van der Waals surface area contributed by atoms with Crippen molar-refractivity contribution in [3.63, 3.8) is 0 Å². The fourth-order valence-corrected chi connectivity index (χ4v) is 2.61. The Bertz CT molecular complexity index is 474. The first-order chi connectivity index (χ1) is 8.75. The molecular weight excluding hydrogens is 234 g/mol. The van der Waals surface area contributed by atoms with Crippen LogP contribution in [0.4, 0.5) is 0 Å². The average molecular weight is 249 g/mol. The summed E-state index contributed by atoms with van der Waals surface area (Å²) in [6, 6.07) is 5.19. The van der Waals surface area contributed by atoms with Gasteiger partial charge in [-0.05, 0) is 30.7 Å². The Morgan fingerprint density at radius 2 is 2.06 bits per heavy atom. The summed E-state index contributed by atoms with van der Waals surface area (Å²) in [5.41, 5.74) is 0.997. The minimum atomic E-state index is -0.799. The number of aliphatic carboxylic acids is 1. The smallest absolute Gasteiger partial charge is 0.321 e. The molecule has 18 heavy (non-hydrogen) atoms. The molecule has 1 aromatic rings. The zero-order chi connectivity index (χ0) is 12.5. The summed E-state index contributed by atoms with van der Waals surface area (Å²) < 4.78 is 11.0. The summed E-state index contributed by atoms with van der Waals surface area (Å²) in [4.78, 5) is 11.2. The lowest BCUT2D eigenvalue weighted by Crippen LogP contribution is -2.34. The van der Waals surface area contributed by atoms with Crippen LogP contribution in [0.5, 0.6) is 11.5 Å². The highest BCUT2D eigenvalue weighted by atomic mass is 16.6. The van der Waals surface area contributed by atoms with Gasteiger partial charge in [-0.2, -0.15) is 0 Å². The van der Waals surface area contributed by atoms with Crippen molar-refractivity contribution >= 4 is 5.97 Å². The fourth-order valence-electron chi connectivity index (χ4n) is 2.61. The predicted molar refractivity (Wildman–Crippen MR) is 64.2 cm³/mol. The van der Waals surface area contributed by atoms with Crippen molar-refractivity contribution in [3.8, 4) is 11.5 Å². The van der Waals surface area contributed by atoms with Crippen LogP contribution >= 0.6 is 0 Å². The number of carboxylic acid groups (broad SMARTS) is 1. The second kappa shape index (κ2) is 4.49. The van der Waals surface area contributed by atoms with E-state index in [0.717, 1.165) is 30.0 Å². The standard InChI is InChI=1S/C13H15NO4/c15-13(16)12-9(3-4-14-12)8-1-2-10-11(7-8)18-6-5-17-10/h1-2,7,9,12,14H,3-6H2,(H,15,16). The molecule has 1 fully saturated rings. The molecule has 2 aliphatic rings. The first-order valence-corrected chi connectivity index (χ1v) is 6.11. The molecule has 0 amide bonds. The van der Waals surface area contributed by atoms with Crippen LogP contribution in [0.3, 0.4) is 0 Å². The second-order valence-corrected chi connectivity index (χ2v) is 4.57. The van der Waals surface area contributed by atoms with Gasteiger partial charge in [0.05, 0.1) is 0 Å². The van der Waals surface area contributed by atoms with Gasteiger partial charge < -0.3 is 19.9 Å². The highest BCUT2D eigenvalue weighted by Crippen LogP contribution is 2.36. The topological polar surface area (TPSA) is 67.8 Å². The molecule has 0 aromatic heterocycles. The van der Waals surface area contributed by atoms with Gasteiger partial charge in [-0.3, -0.25) is 4.79 Å². The average Bonchev–Trinajstić information content (AvgIpc) is 2.87. The number of carbonyl (C=O) groups is 1. The zero-order valence-corrected chi connectivity index (χ0v) is 9.89. The van der Waals surface area contributed by atoms with E-state index in [2.05, 4.69) is 5.32 Å². The molecule has 0 radical (unpaired) electrons. The first kappa shape index (κ1) is 11.3. The molecule has 2 unspecified atom stereocenters. The number of nitrogens with one attached hydrogen (secondary N) is 1. The largest absolute Gasteiger partial charge is 0.486 e. The van der Waals surface area contributed by atoms with E-state index >= 15 is 0 Å². The normalized spacial score (nSPS) is 26.0. The van der Waals surface area contributed by atoms with Crippen LogP contribution in [0.15, 0.2) is 18.2 Å². The number of ether oxygens (including phenoxy) is 2. The maximum absolute atomic E-state index is 11.2. The molecule has 1 aromatic carbocycles. The summed E-state index contributed by atoms with van der Waals surface area (Å²) in [5.74, 6) is 0.656. The number of hydrogen-bond donors (Lipinski definition) is 2. The molecule has 0 aliphatic carbocycles. The van der Waals surface area contributed by atoms with E-state index in [1.54, 1.807) is 0 Å². The van der Waals surface area contributed by atoms with E-state index in [0.29, 0.717) is 13.2 Å². The molecule has 2 N–H and O–H groups in total. The maximum atomic E-state index is 11.2. The van der Waals surface area contributed by atoms with Gasteiger partial charge in [-0.25, -0.2) is 0 Å². The Kier molecular flexibility index (Phi) is 2.83. The quantitative estimate of drug-likeness (QED) is 0.818. The molecule has 5 nitrogen and oxygen atoms in total. The van der Waals surface area contributed by atoms with E-state index in [1.165, 1.54) is 0 Å². The van der Waals surface area contributed by atoms with Gasteiger partial charge in [0.2, 0.25) is 0 Å². The molecule has 2 heterocycles. The van der Waals surface area contributed by atoms with Crippen LogP contribution < -0.4 is 14.8 Å². The SMILES string of the molecule is O=C(O)C1NCCC1c1ccc2c(c1)OCCO2. The number of fused-ring (bicyclic) bond motifs is 1. The predicted octanol–water partition coefficient (Wildman–Crippen LogP) is 0.988. The lowest BCUT2D eigenvalue weighted by molar-refractivity contribution is -0.139. The van der Waals surface area contributed by atoms with Gasteiger partial charge in [-0.15, -0.1) is 0 Å². The maximum Gasteiger partial charge on any atom is 0.321 e. The molecule has 3 rings (SSSR count). The highest BCUT2D eigenvalue weighted by Gasteiger charge is 2.34. The zero-order valence-electron chi connectivity index (χ0n) is 9.89. The van der Waals surface area contributed by atoms with Gasteiger partial charge in [0.25, 0.3) is 0 Å². The van der Waals surface area contributed by atoms with Crippen molar-refractivity contribution in [1.82, 2.24) is 5.32 Å². The number of carboxylic acids is 1. The van der Waals surface area contributed by atoms with Gasteiger partial charge in [0.15, 0.2) is 11.5 Å². The third-order valence-corrected chi connectivity index (χ3v) is 3.48. The van der Waals surface area contributed by atoms with E-state index in [1.807, 2.05) is 18.2 Å². The molecule has 5 heteroatoms. The fraction of sp³-hybridized carbons (Fsp3) is 0.462. The van der Waals surface area contributed by atoms with Crippen molar-refractivity contribution in [2.75, 3.05) is 19.8 Å². The number of benzene rings is 1. The molecule has 2 atom stereocenters. The third-order valence-electron chi connectivity index (χ3n) is 3.48. The Morgan fingerprint density at radius 1 is 1.28 bits per heavy atom. The van der Waals surface area contributed by atoms with Gasteiger partial charge in [0.1, 0.15) is 19.3 Å². The summed E-state index contributed by atoms with van der Waals surface area (Å²) in [5, 5.41) is 12.2. The van der Waals surface area contributed by atoms with Gasteiger partial charge in [0, 0.05) is 5.92 Å². The van der Waals surface area contributed by atoms with E-state index in [9.17, 15) is 4.79 Å². The minimum Gasteiger partial charge on any atom is -0.486 e. The van der Waals surface area contributed by atoms with Crippen molar-refractivity contribution in [3.05, 3.63) is 23.8 Å². The van der Waals surface area contributed by atoms with E-state index in [-0.39, 0.29) is 5.92 Å². The van der Waals surface area contributed by atoms with E-state index in [4.69, 9.17) is 14.6 Å². The van der Waals surface area contributed by atoms with Crippen LogP contribution in [0.2, 0.25) is 0 Å². The van der Waals surface area contributed by atoms with E-state index < -0.39 is 12.0 Å². The summed E-state index contributed by atoms with van der Waals surface area (Å²) >= 11 is 0. The molecular formula is C13H15NO4. The van der Waals surface area contributed by atoms with Gasteiger partial charge >= 0.3 is 5.97 Å². The lowest BCUT2D eigenvalue weighted by atomic mass is 9.91. The Labute approximate surface area is 105 Å². The van der Waals surface area contributed by atoms with Crippen LogP contribution in [0.1, 0.15) is 17.9 Å². The van der Waals surface area contributed by atoms with Crippen LogP contribution in [-0.4, -0.2) is 36.9 Å². The van der Waals surface area contributed by atoms with Crippen LogP contribution in [0.25, 0.3) is 0 Å². The minimum absolute atomic E-state index is 0.00155. The Balaban J connectivity index is 1.90. The number of hydrogen-bond acceptors (Lipinski definition) is 4. The monoisotopic (exact) mass is 249 g/mol. The van der Waals surface area contributed by atoms with Crippen LogP contribution in [0, 0.1) is 0 Å². The molecule has 1 saturated heterocycles. The third kappa shape index (κ3) is 1.90. The first-order valence-electron chi connectivity index (χ1n) is 6.11. The van der Waals surface area contributed by atoms with Crippen molar-refractivity contribution < 1.29 is 19.4 Å². The second-order valence-electron chi connectivity index (χ2n) is 4.57. The summed E-state index contributed by atoms with van der Waals surface area (Å²) in [6.07, 6.45) is 0.830. The Hall–Kier alpha value is -1.75.